The lowest BCUT2D eigenvalue weighted by Crippen LogP contribution is -2.31. The van der Waals surface area contributed by atoms with Gasteiger partial charge in [-0.15, -0.1) is 0 Å². The largest absolute Gasteiger partial charge is 0.493 e. The second kappa shape index (κ2) is 12.6. The van der Waals surface area contributed by atoms with Gasteiger partial charge in [0.25, 0.3) is 0 Å². The summed E-state index contributed by atoms with van der Waals surface area (Å²) in [6, 6.07) is 22.8. The molecule has 0 amide bonds. The van der Waals surface area contributed by atoms with Crippen LogP contribution >= 0.6 is 0 Å². The minimum absolute atomic E-state index is 0.300. The van der Waals surface area contributed by atoms with Gasteiger partial charge in [-0.2, -0.15) is 0 Å². The number of para-hydroxylation sites is 1. The highest BCUT2D eigenvalue weighted by atomic mass is 16.6. The number of anilines is 1. The van der Waals surface area contributed by atoms with Crippen LogP contribution in [0.4, 0.5) is 5.69 Å². The Kier molecular flexibility index (Phi) is 8.96. The summed E-state index contributed by atoms with van der Waals surface area (Å²) in [7, 11) is 0. The highest BCUT2D eigenvalue weighted by Gasteiger charge is 2.52. The third-order valence-corrected chi connectivity index (χ3v) is 9.11. The number of hydrogen-bond donors (Lipinski definition) is 0. The average molecular weight is 567 g/mol. The average Bonchev–Trinajstić information content (AvgIpc) is 3.46. The molecule has 0 N–H and O–H groups in total. The number of ether oxygens (including phenoxy) is 2. The minimum Gasteiger partial charge on any atom is -0.493 e. The summed E-state index contributed by atoms with van der Waals surface area (Å²) in [5.74, 6) is 1.03. The van der Waals surface area contributed by atoms with Gasteiger partial charge in [0.1, 0.15) is 5.75 Å². The minimum atomic E-state index is -1.14. The molecular formula is C37H46N2O3. The van der Waals surface area contributed by atoms with Gasteiger partial charge in [0.15, 0.2) is 5.60 Å². The van der Waals surface area contributed by atoms with Crippen molar-refractivity contribution < 1.29 is 14.3 Å². The molecule has 42 heavy (non-hydrogen) atoms. The van der Waals surface area contributed by atoms with Crippen molar-refractivity contribution in [1.82, 2.24) is 4.57 Å². The van der Waals surface area contributed by atoms with Crippen LogP contribution in [0.2, 0.25) is 0 Å². The van der Waals surface area contributed by atoms with Crippen LogP contribution in [0.25, 0.3) is 10.9 Å². The van der Waals surface area contributed by atoms with E-state index in [0.29, 0.717) is 18.1 Å². The Bertz CT molecular complexity index is 1550. The molecule has 2 atom stereocenters. The van der Waals surface area contributed by atoms with E-state index < -0.39 is 5.60 Å². The van der Waals surface area contributed by atoms with Crippen LogP contribution in [0.1, 0.15) is 93.0 Å². The number of carbonyl (C=O) groups excluding carboxylic acids is 1. The first-order chi connectivity index (χ1) is 20.4. The molecule has 222 valence electrons. The van der Waals surface area contributed by atoms with Gasteiger partial charge in [-0.05, 0) is 64.3 Å². The molecule has 2 unspecified atom stereocenters. The molecule has 0 saturated heterocycles. The molecule has 0 aliphatic carbocycles. The van der Waals surface area contributed by atoms with Crippen molar-refractivity contribution in [3.63, 3.8) is 0 Å². The molecule has 0 spiro atoms. The van der Waals surface area contributed by atoms with Gasteiger partial charge in [-0.1, -0.05) is 69.5 Å². The van der Waals surface area contributed by atoms with E-state index in [1.165, 1.54) is 24.8 Å². The monoisotopic (exact) mass is 566 g/mol. The highest BCUT2D eigenvalue weighted by molar-refractivity contribution is 5.99. The van der Waals surface area contributed by atoms with E-state index in [1.807, 2.05) is 25.1 Å². The zero-order valence-corrected chi connectivity index (χ0v) is 26.2. The van der Waals surface area contributed by atoms with Crippen molar-refractivity contribution in [2.24, 2.45) is 5.92 Å². The van der Waals surface area contributed by atoms with Gasteiger partial charge < -0.3 is 18.9 Å². The summed E-state index contributed by atoms with van der Waals surface area (Å²) in [5, 5.41) is 1.11. The van der Waals surface area contributed by atoms with Crippen LogP contribution in [-0.2, 0) is 16.9 Å². The first-order valence-corrected chi connectivity index (χ1v) is 15.9. The van der Waals surface area contributed by atoms with E-state index in [4.69, 9.17) is 9.47 Å². The lowest BCUT2D eigenvalue weighted by atomic mass is 9.78. The molecule has 2 heterocycles. The van der Waals surface area contributed by atoms with E-state index >= 15 is 0 Å². The zero-order chi connectivity index (χ0) is 29.9. The van der Waals surface area contributed by atoms with Gasteiger partial charge in [0.05, 0.1) is 12.2 Å². The van der Waals surface area contributed by atoms with Crippen LogP contribution in [0.3, 0.4) is 0 Å². The normalized spacial score (nSPS) is 16.9. The first-order valence-electron chi connectivity index (χ1n) is 15.9. The van der Waals surface area contributed by atoms with E-state index in [2.05, 4.69) is 92.6 Å². The maximum Gasteiger partial charge on any atom is 0.340 e. The van der Waals surface area contributed by atoms with Crippen molar-refractivity contribution >= 4 is 22.6 Å². The molecule has 3 aromatic carbocycles. The van der Waals surface area contributed by atoms with Crippen molar-refractivity contribution in [3.8, 4) is 5.75 Å². The molecule has 0 bridgehead atoms. The molecule has 0 fully saturated rings. The second-order valence-electron chi connectivity index (χ2n) is 11.4. The summed E-state index contributed by atoms with van der Waals surface area (Å²) < 4.78 is 15.5. The van der Waals surface area contributed by atoms with E-state index in [-0.39, 0.29) is 5.97 Å². The Hall–Kier alpha value is -3.73. The summed E-state index contributed by atoms with van der Waals surface area (Å²) >= 11 is 0. The van der Waals surface area contributed by atoms with Gasteiger partial charge >= 0.3 is 5.97 Å². The number of nitrogens with zero attached hydrogens (tertiary/aromatic N) is 2. The summed E-state index contributed by atoms with van der Waals surface area (Å²) in [5.41, 5.74) is 5.64. The number of cyclic esters (lactones) is 1. The van der Waals surface area contributed by atoms with Gasteiger partial charge in [-0.3, -0.25) is 0 Å². The quantitative estimate of drug-likeness (QED) is 0.152. The van der Waals surface area contributed by atoms with Crippen molar-refractivity contribution in [1.29, 1.82) is 0 Å². The number of benzene rings is 3. The number of carbonyl (C=O) groups is 1. The maximum atomic E-state index is 13.7. The molecule has 0 saturated carbocycles. The van der Waals surface area contributed by atoms with Crippen molar-refractivity contribution in [3.05, 3.63) is 94.7 Å². The fraction of sp³-hybridized carbons (Fsp3) is 0.432. The number of rotatable bonds is 13. The lowest BCUT2D eigenvalue weighted by molar-refractivity contribution is 0.0246. The van der Waals surface area contributed by atoms with Crippen molar-refractivity contribution in [2.75, 3.05) is 24.6 Å². The third-order valence-electron chi connectivity index (χ3n) is 9.11. The number of hydrogen-bond acceptors (Lipinski definition) is 4. The van der Waals surface area contributed by atoms with E-state index in [9.17, 15) is 4.79 Å². The smallest absolute Gasteiger partial charge is 0.340 e. The summed E-state index contributed by atoms with van der Waals surface area (Å²) in [6.45, 7) is 16.3. The van der Waals surface area contributed by atoms with Crippen molar-refractivity contribution in [2.45, 2.75) is 79.4 Å². The molecule has 1 aliphatic rings. The fourth-order valence-electron chi connectivity index (χ4n) is 6.89. The molecular weight excluding hydrogens is 520 g/mol. The van der Waals surface area contributed by atoms with Crippen LogP contribution in [0.5, 0.6) is 5.75 Å². The van der Waals surface area contributed by atoms with Gasteiger partial charge in [0.2, 0.25) is 0 Å². The first kappa shape index (κ1) is 29.8. The molecule has 1 aromatic heterocycles. The number of unbranched alkanes of at least 4 members (excludes halogenated alkanes) is 1. The standard InChI is InChI=1S/C37H46N2O3/c1-7-12-17-27(8-2)25-39-26(6)35(30-19-14-16-21-33(30)39)37(31-20-15-13-18-29(31)36(40)42-37)32-23-22-28(38(9-3)10-4)24-34(32)41-11-5/h13-16,18-24,27H,7-12,17,25H2,1-6H3. The Morgan fingerprint density at radius 3 is 2.38 bits per heavy atom. The second-order valence-corrected chi connectivity index (χ2v) is 11.4. The summed E-state index contributed by atoms with van der Waals surface area (Å²) in [4.78, 5) is 16.0. The topological polar surface area (TPSA) is 43.7 Å². The van der Waals surface area contributed by atoms with Crippen LogP contribution < -0.4 is 9.64 Å². The SMILES string of the molecule is CCCCC(CC)Cn1c(C)c(C2(c3ccc(N(CC)CC)cc3OCC)OC(=O)c3ccccc32)c2ccccc21. The lowest BCUT2D eigenvalue weighted by Gasteiger charge is -2.33. The summed E-state index contributed by atoms with van der Waals surface area (Å²) in [6.07, 6.45) is 4.77. The number of aromatic nitrogens is 1. The molecule has 5 rings (SSSR count). The Morgan fingerprint density at radius 2 is 1.67 bits per heavy atom. The molecule has 5 nitrogen and oxygen atoms in total. The molecule has 5 heteroatoms. The van der Waals surface area contributed by atoms with Gasteiger partial charge in [-0.25, -0.2) is 4.79 Å². The predicted octanol–water partition coefficient (Wildman–Crippen LogP) is 8.87. The fourth-order valence-corrected chi connectivity index (χ4v) is 6.89. The molecule has 1 aliphatic heterocycles. The third kappa shape index (κ3) is 4.97. The molecule has 4 aromatic rings. The maximum absolute atomic E-state index is 13.7. The Morgan fingerprint density at radius 1 is 0.929 bits per heavy atom. The zero-order valence-electron chi connectivity index (χ0n) is 26.2. The Balaban J connectivity index is 1.83. The molecule has 0 radical (unpaired) electrons. The van der Waals surface area contributed by atoms with Crippen LogP contribution in [-0.4, -0.2) is 30.2 Å². The number of esters is 1. The highest BCUT2D eigenvalue weighted by Crippen LogP contribution is 2.53. The van der Waals surface area contributed by atoms with E-state index in [1.54, 1.807) is 0 Å². The van der Waals surface area contributed by atoms with Crippen LogP contribution in [0.15, 0.2) is 66.7 Å². The number of fused-ring (bicyclic) bond motifs is 2. The van der Waals surface area contributed by atoms with Crippen LogP contribution in [0, 0.1) is 12.8 Å². The Labute approximate surface area is 251 Å². The van der Waals surface area contributed by atoms with Gasteiger partial charge in [0, 0.05) is 64.7 Å². The van der Waals surface area contributed by atoms with E-state index in [0.717, 1.165) is 65.3 Å². The predicted molar refractivity (Wildman–Crippen MR) is 173 cm³/mol.